The van der Waals surface area contributed by atoms with Gasteiger partial charge in [-0.1, -0.05) is 0 Å². The van der Waals surface area contributed by atoms with E-state index in [0.717, 1.165) is 0 Å². The number of hydrogen-bond acceptors (Lipinski definition) is 0. The van der Waals surface area contributed by atoms with Crippen molar-refractivity contribution in [2.75, 3.05) is 0 Å². The SMILES string of the molecule is C=C[n+]1ccc(C)cc1.[Br-]. The molecule has 54 valence electrons. The zero-order valence-corrected chi connectivity index (χ0v) is 7.51. The van der Waals surface area contributed by atoms with Gasteiger partial charge in [-0.3, -0.25) is 0 Å². The Kier molecular flexibility index (Phi) is 3.96. The Morgan fingerprint density at radius 3 is 2.30 bits per heavy atom. The Balaban J connectivity index is 0.000000810. The summed E-state index contributed by atoms with van der Waals surface area (Å²) in [4.78, 5) is 0. The van der Waals surface area contributed by atoms with Gasteiger partial charge in [0.15, 0.2) is 18.6 Å². The Labute approximate surface area is 71.8 Å². The fourth-order valence-corrected chi connectivity index (χ4v) is 0.634. The van der Waals surface area contributed by atoms with Crippen molar-refractivity contribution in [1.29, 1.82) is 0 Å². The lowest BCUT2D eigenvalue weighted by molar-refractivity contribution is -0.568. The molecule has 0 amide bonds. The van der Waals surface area contributed by atoms with Gasteiger partial charge in [0, 0.05) is 12.1 Å². The number of nitrogens with zero attached hydrogens (tertiary/aromatic N) is 1. The molecule has 0 fully saturated rings. The lowest BCUT2D eigenvalue weighted by Gasteiger charge is -1.85. The van der Waals surface area contributed by atoms with Gasteiger partial charge in [-0.05, 0) is 19.1 Å². The van der Waals surface area contributed by atoms with Crippen molar-refractivity contribution in [3.63, 3.8) is 0 Å². The molecule has 1 nitrogen and oxygen atoms in total. The number of pyridine rings is 1. The Morgan fingerprint density at radius 2 is 1.90 bits per heavy atom. The van der Waals surface area contributed by atoms with E-state index in [4.69, 9.17) is 0 Å². The van der Waals surface area contributed by atoms with Crippen LogP contribution in [-0.2, 0) is 0 Å². The molecule has 0 aliphatic heterocycles. The Bertz CT molecular complexity index is 203. The van der Waals surface area contributed by atoms with E-state index < -0.39 is 0 Å². The summed E-state index contributed by atoms with van der Waals surface area (Å²) in [6.07, 6.45) is 5.71. The molecule has 2 heteroatoms. The van der Waals surface area contributed by atoms with E-state index in [-0.39, 0.29) is 17.0 Å². The second-order valence-corrected chi connectivity index (χ2v) is 2.01. The molecule has 10 heavy (non-hydrogen) atoms. The molecule has 0 N–H and O–H groups in total. The molecule has 0 unspecified atom stereocenters. The summed E-state index contributed by atoms with van der Waals surface area (Å²) in [7, 11) is 0. The van der Waals surface area contributed by atoms with Crippen LogP contribution in [0.2, 0.25) is 0 Å². The molecule has 1 aromatic rings. The summed E-state index contributed by atoms with van der Waals surface area (Å²) in [6, 6.07) is 4.09. The average Bonchev–Trinajstić information content (AvgIpc) is 1.90. The van der Waals surface area contributed by atoms with Crippen LogP contribution in [0.25, 0.3) is 6.20 Å². The predicted molar refractivity (Wildman–Crippen MR) is 37.8 cm³/mol. The summed E-state index contributed by atoms with van der Waals surface area (Å²) in [6.45, 7) is 5.69. The Hall–Kier alpha value is -0.630. The van der Waals surface area contributed by atoms with Gasteiger partial charge in [-0.15, -0.1) is 0 Å². The summed E-state index contributed by atoms with van der Waals surface area (Å²) >= 11 is 0. The zero-order valence-electron chi connectivity index (χ0n) is 5.92. The molecule has 1 heterocycles. The number of rotatable bonds is 1. The fourth-order valence-electron chi connectivity index (χ4n) is 0.634. The monoisotopic (exact) mass is 199 g/mol. The van der Waals surface area contributed by atoms with E-state index in [1.807, 2.05) is 29.1 Å². The van der Waals surface area contributed by atoms with E-state index in [1.54, 1.807) is 6.20 Å². The smallest absolute Gasteiger partial charge is 0.174 e. The summed E-state index contributed by atoms with van der Waals surface area (Å²) < 4.78 is 1.91. The highest BCUT2D eigenvalue weighted by Gasteiger charge is 1.88. The molecule has 0 aromatic carbocycles. The zero-order chi connectivity index (χ0) is 6.69. The van der Waals surface area contributed by atoms with Crippen molar-refractivity contribution >= 4 is 6.20 Å². The second kappa shape index (κ2) is 4.23. The number of aromatic nitrogens is 1. The minimum absolute atomic E-state index is 0. The maximum absolute atomic E-state index is 3.62. The molecular formula is C8H10BrN. The minimum Gasteiger partial charge on any atom is -1.00 e. The Morgan fingerprint density at radius 1 is 1.40 bits per heavy atom. The normalized spacial score (nSPS) is 8.10. The van der Waals surface area contributed by atoms with Gasteiger partial charge in [0.05, 0.1) is 0 Å². The lowest BCUT2D eigenvalue weighted by atomic mass is 10.3. The first-order valence-corrected chi connectivity index (χ1v) is 2.93. The summed E-state index contributed by atoms with van der Waals surface area (Å²) in [5.74, 6) is 0. The van der Waals surface area contributed by atoms with Gasteiger partial charge in [0.1, 0.15) is 0 Å². The van der Waals surface area contributed by atoms with Gasteiger partial charge in [0.2, 0.25) is 0 Å². The van der Waals surface area contributed by atoms with Crippen LogP contribution in [0.1, 0.15) is 5.56 Å². The molecule has 0 saturated heterocycles. The molecule has 0 saturated carbocycles. The van der Waals surface area contributed by atoms with E-state index >= 15 is 0 Å². The molecule has 0 radical (unpaired) electrons. The largest absolute Gasteiger partial charge is 1.00 e. The number of aryl methyl sites for hydroxylation is 1. The van der Waals surface area contributed by atoms with Crippen LogP contribution in [0.3, 0.4) is 0 Å². The van der Waals surface area contributed by atoms with Crippen molar-refractivity contribution in [2.24, 2.45) is 0 Å². The molecule has 0 aliphatic carbocycles. The first-order valence-electron chi connectivity index (χ1n) is 2.93. The van der Waals surface area contributed by atoms with Crippen LogP contribution in [0.5, 0.6) is 0 Å². The maximum Gasteiger partial charge on any atom is 0.174 e. The minimum atomic E-state index is 0. The van der Waals surface area contributed by atoms with Crippen LogP contribution in [0.4, 0.5) is 0 Å². The molecule has 0 aliphatic rings. The molecule has 0 atom stereocenters. The molecule has 0 spiro atoms. The van der Waals surface area contributed by atoms with Gasteiger partial charge >= 0.3 is 0 Å². The lowest BCUT2D eigenvalue weighted by Crippen LogP contribution is -3.00. The molecular weight excluding hydrogens is 190 g/mol. The van der Waals surface area contributed by atoms with E-state index in [2.05, 4.69) is 13.5 Å². The topological polar surface area (TPSA) is 3.88 Å². The van der Waals surface area contributed by atoms with E-state index in [0.29, 0.717) is 0 Å². The van der Waals surface area contributed by atoms with Gasteiger partial charge in [-0.25, -0.2) is 0 Å². The van der Waals surface area contributed by atoms with Crippen molar-refractivity contribution in [3.05, 3.63) is 36.7 Å². The van der Waals surface area contributed by atoms with Crippen LogP contribution in [0, 0.1) is 6.92 Å². The van der Waals surface area contributed by atoms with Crippen LogP contribution in [0.15, 0.2) is 31.1 Å². The summed E-state index contributed by atoms with van der Waals surface area (Å²) in [5, 5.41) is 0. The van der Waals surface area contributed by atoms with E-state index in [9.17, 15) is 0 Å². The number of halogens is 1. The van der Waals surface area contributed by atoms with Gasteiger partial charge in [0.25, 0.3) is 0 Å². The van der Waals surface area contributed by atoms with Crippen LogP contribution in [-0.4, -0.2) is 0 Å². The van der Waals surface area contributed by atoms with Crippen LogP contribution < -0.4 is 21.5 Å². The molecule has 1 rings (SSSR count). The third-order valence-electron chi connectivity index (χ3n) is 1.23. The fraction of sp³-hybridized carbons (Fsp3) is 0.125. The maximum atomic E-state index is 3.62. The quantitative estimate of drug-likeness (QED) is 0.480. The third-order valence-corrected chi connectivity index (χ3v) is 1.23. The van der Waals surface area contributed by atoms with Gasteiger partial charge in [-0.2, -0.15) is 4.57 Å². The first-order chi connectivity index (χ1) is 4.33. The highest BCUT2D eigenvalue weighted by atomic mass is 79.9. The average molecular weight is 200 g/mol. The van der Waals surface area contributed by atoms with Crippen molar-refractivity contribution in [3.8, 4) is 0 Å². The van der Waals surface area contributed by atoms with E-state index in [1.165, 1.54) is 5.56 Å². The van der Waals surface area contributed by atoms with Crippen molar-refractivity contribution < 1.29 is 21.5 Å². The predicted octanol–water partition coefficient (Wildman–Crippen LogP) is -1.61. The number of hydrogen-bond donors (Lipinski definition) is 0. The molecule has 1 aromatic heterocycles. The standard InChI is InChI=1S/C8H10N.BrH/c1-3-9-6-4-8(2)5-7-9;/h3-7H,1H2,2H3;1H/q+1;/p-1. The van der Waals surface area contributed by atoms with Crippen molar-refractivity contribution in [1.82, 2.24) is 0 Å². The third kappa shape index (κ3) is 2.31. The van der Waals surface area contributed by atoms with Gasteiger partial charge < -0.3 is 17.0 Å². The van der Waals surface area contributed by atoms with Crippen molar-refractivity contribution in [2.45, 2.75) is 6.92 Å². The van der Waals surface area contributed by atoms with Crippen LogP contribution >= 0.6 is 0 Å². The molecule has 0 bridgehead atoms. The first kappa shape index (κ1) is 9.37. The highest BCUT2D eigenvalue weighted by Crippen LogP contribution is 1.88. The summed E-state index contributed by atoms with van der Waals surface area (Å²) in [5.41, 5.74) is 1.27. The highest BCUT2D eigenvalue weighted by molar-refractivity contribution is 5.06. The second-order valence-electron chi connectivity index (χ2n) is 2.01.